The van der Waals surface area contributed by atoms with E-state index in [0.717, 1.165) is 32.2 Å². The van der Waals surface area contributed by atoms with Gasteiger partial charge in [-0.3, -0.25) is 4.79 Å². The van der Waals surface area contributed by atoms with Crippen LogP contribution in [0.4, 0.5) is 0 Å². The third-order valence-electron chi connectivity index (χ3n) is 3.87. The van der Waals surface area contributed by atoms with E-state index in [2.05, 4.69) is 5.32 Å². The molecule has 4 heteroatoms. The van der Waals surface area contributed by atoms with Crippen molar-refractivity contribution in [2.75, 3.05) is 6.54 Å². The lowest BCUT2D eigenvalue weighted by Gasteiger charge is -2.36. The quantitative estimate of drug-likeness (QED) is 0.769. The largest absolute Gasteiger partial charge is 0.480 e. The lowest BCUT2D eigenvalue weighted by molar-refractivity contribution is -0.147. The van der Waals surface area contributed by atoms with Crippen molar-refractivity contribution in [1.82, 2.24) is 5.32 Å². The Morgan fingerprint density at radius 2 is 1.87 bits per heavy atom. The van der Waals surface area contributed by atoms with Gasteiger partial charge in [0.05, 0.1) is 0 Å². The van der Waals surface area contributed by atoms with Crippen molar-refractivity contribution in [3.8, 4) is 0 Å². The van der Waals surface area contributed by atoms with Crippen LogP contribution < -0.4 is 5.32 Å². The van der Waals surface area contributed by atoms with Gasteiger partial charge in [-0.2, -0.15) is 0 Å². The van der Waals surface area contributed by atoms with Crippen molar-refractivity contribution in [3.63, 3.8) is 0 Å². The van der Waals surface area contributed by atoms with E-state index < -0.39 is 11.5 Å². The van der Waals surface area contributed by atoms with Gasteiger partial charge in [-0.25, -0.2) is 0 Å². The molecule has 2 fully saturated rings. The fraction of sp³-hybridized carbons (Fsp3) is 0.909. The molecule has 0 aromatic rings. The molecular weight excluding hydrogens is 214 g/mol. The second kappa shape index (κ2) is 5.17. The molecule has 1 atom stereocenters. The van der Waals surface area contributed by atoms with Gasteiger partial charge in [-0.05, 0) is 38.1 Å². The smallest absolute Gasteiger partial charge is 0.324 e. The number of halogens is 1. The van der Waals surface area contributed by atoms with Crippen molar-refractivity contribution in [2.45, 2.75) is 50.5 Å². The molecule has 2 aliphatic rings. The Bertz CT molecular complexity index is 221. The Hall–Kier alpha value is -0.280. The topological polar surface area (TPSA) is 49.3 Å². The van der Waals surface area contributed by atoms with E-state index in [0.29, 0.717) is 5.92 Å². The molecule has 0 spiro atoms. The summed E-state index contributed by atoms with van der Waals surface area (Å²) in [6, 6.07) is 0. The van der Waals surface area contributed by atoms with Crippen molar-refractivity contribution in [1.29, 1.82) is 0 Å². The molecular formula is C11H20ClNO2. The molecule has 0 aromatic carbocycles. The number of hydrogen-bond acceptors (Lipinski definition) is 2. The third kappa shape index (κ3) is 2.28. The summed E-state index contributed by atoms with van der Waals surface area (Å²) in [5.74, 6) is -0.252. The summed E-state index contributed by atoms with van der Waals surface area (Å²) in [6.45, 7) is 0.878. The van der Waals surface area contributed by atoms with Crippen LogP contribution in [0, 0.1) is 5.92 Å². The minimum atomic E-state index is -0.623. The van der Waals surface area contributed by atoms with Gasteiger partial charge in [0.25, 0.3) is 0 Å². The first-order valence-corrected chi connectivity index (χ1v) is 5.74. The van der Waals surface area contributed by atoms with Crippen molar-refractivity contribution in [3.05, 3.63) is 0 Å². The van der Waals surface area contributed by atoms with Crippen molar-refractivity contribution >= 4 is 18.4 Å². The lowest BCUT2D eigenvalue weighted by Crippen LogP contribution is -2.54. The monoisotopic (exact) mass is 233 g/mol. The van der Waals surface area contributed by atoms with Gasteiger partial charge in [-0.15, -0.1) is 12.4 Å². The summed E-state index contributed by atoms with van der Waals surface area (Å²) in [7, 11) is 0. The van der Waals surface area contributed by atoms with Crippen LogP contribution in [0.1, 0.15) is 44.9 Å². The average Bonchev–Trinajstić information content (AvgIpc) is 2.69. The molecule has 1 saturated heterocycles. The minimum absolute atomic E-state index is 0. The first kappa shape index (κ1) is 12.8. The maximum Gasteiger partial charge on any atom is 0.324 e. The standard InChI is InChI=1S/C11H19NO2.ClH/c13-10(14)11(7-4-8-12-11)9-5-2-1-3-6-9;/h9,12H,1-8H2,(H,13,14);1H/t11-;/m1./s1. The zero-order valence-corrected chi connectivity index (χ0v) is 9.81. The van der Waals surface area contributed by atoms with Gasteiger partial charge in [-0.1, -0.05) is 19.3 Å². The molecule has 0 radical (unpaired) electrons. The van der Waals surface area contributed by atoms with Gasteiger partial charge in [0.15, 0.2) is 0 Å². The van der Waals surface area contributed by atoms with E-state index in [-0.39, 0.29) is 12.4 Å². The molecule has 2 N–H and O–H groups in total. The van der Waals surface area contributed by atoms with E-state index in [1.165, 1.54) is 19.3 Å². The van der Waals surface area contributed by atoms with Crippen LogP contribution in [0.2, 0.25) is 0 Å². The molecule has 3 nitrogen and oxygen atoms in total. The van der Waals surface area contributed by atoms with Gasteiger partial charge in [0.1, 0.15) is 5.54 Å². The Kier molecular flexibility index (Phi) is 4.41. The Morgan fingerprint density at radius 1 is 1.20 bits per heavy atom. The summed E-state index contributed by atoms with van der Waals surface area (Å²) in [5, 5.41) is 12.6. The predicted octanol–water partition coefficient (Wildman–Crippen LogP) is 2.20. The number of nitrogens with one attached hydrogen (secondary N) is 1. The van der Waals surface area contributed by atoms with Crippen LogP contribution in [0.5, 0.6) is 0 Å². The van der Waals surface area contributed by atoms with Crippen LogP contribution in [0.3, 0.4) is 0 Å². The van der Waals surface area contributed by atoms with Crippen molar-refractivity contribution in [2.24, 2.45) is 5.92 Å². The van der Waals surface area contributed by atoms with Gasteiger partial charge in [0, 0.05) is 0 Å². The second-order valence-electron chi connectivity index (χ2n) is 4.64. The SMILES string of the molecule is Cl.O=C(O)[C@]1(C2CCCCC2)CCCN1. The molecule has 15 heavy (non-hydrogen) atoms. The molecule has 0 unspecified atom stereocenters. The molecule has 0 bridgehead atoms. The van der Waals surface area contributed by atoms with E-state index in [4.69, 9.17) is 0 Å². The van der Waals surface area contributed by atoms with Gasteiger partial charge < -0.3 is 10.4 Å². The van der Waals surface area contributed by atoms with Gasteiger partial charge >= 0.3 is 5.97 Å². The zero-order chi connectivity index (χ0) is 10.0. The average molecular weight is 234 g/mol. The highest BCUT2D eigenvalue weighted by Crippen LogP contribution is 2.37. The summed E-state index contributed by atoms with van der Waals surface area (Å²) in [6.07, 6.45) is 7.74. The maximum absolute atomic E-state index is 11.4. The minimum Gasteiger partial charge on any atom is -0.480 e. The number of carboxylic acids is 1. The van der Waals surface area contributed by atoms with Crippen LogP contribution in [-0.2, 0) is 4.79 Å². The fourth-order valence-corrected chi connectivity index (χ4v) is 3.07. The molecule has 1 aliphatic heterocycles. The molecule has 0 amide bonds. The zero-order valence-electron chi connectivity index (χ0n) is 9.00. The summed E-state index contributed by atoms with van der Waals surface area (Å²) >= 11 is 0. The maximum atomic E-state index is 11.4. The summed E-state index contributed by atoms with van der Waals surface area (Å²) < 4.78 is 0. The van der Waals surface area contributed by atoms with Crippen LogP contribution in [0.25, 0.3) is 0 Å². The van der Waals surface area contributed by atoms with E-state index in [1.54, 1.807) is 0 Å². The molecule has 1 heterocycles. The Balaban J connectivity index is 0.00000112. The number of carboxylic acid groups (broad SMARTS) is 1. The van der Waals surface area contributed by atoms with E-state index in [9.17, 15) is 9.90 Å². The third-order valence-corrected chi connectivity index (χ3v) is 3.87. The number of carbonyl (C=O) groups is 1. The number of hydrogen-bond donors (Lipinski definition) is 2. The Labute approximate surface area is 97.0 Å². The van der Waals surface area contributed by atoms with Crippen molar-refractivity contribution < 1.29 is 9.90 Å². The second-order valence-corrected chi connectivity index (χ2v) is 4.64. The highest BCUT2D eigenvalue weighted by atomic mass is 35.5. The molecule has 2 rings (SSSR count). The van der Waals surface area contributed by atoms with Crippen LogP contribution in [-0.4, -0.2) is 23.2 Å². The van der Waals surface area contributed by atoms with Crippen LogP contribution in [0.15, 0.2) is 0 Å². The summed E-state index contributed by atoms with van der Waals surface area (Å²) in [4.78, 5) is 11.4. The van der Waals surface area contributed by atoms with E-state index >= 15 is 0 Å². The molecule has 88 valence electrons. The first-order valence-electron chi connectivity index (χ1n) is 5.74. The highest BCUT2D eigenvalue weighted by molar-refractivity contribution is 5.85. The summed E-state index contributed by atoms with van der Waals surface area (Å²) in [5.41, 5.74) is -0.569. The number of aliphatic carboxylic acids is 1. The molecule has 1 saturated carbocycles. The molecule has 1 aliphatic carbocycles. The first-order chi connectivity index (χ1) is 6.76. The van der Waals surface area contributed by atoms with Crippen LogP contribution >= 0.6 is 12.4 Å². The predicted molar refractivity (Wildman–Crippen MR) is 61.4 cm³/mol. The van der Waals surface area contributed by atoms with Gasteiger partial charge in [0.2, 0.25) is 0 Å². The lowest BCUT2D eigenvalue weighted by atomic mass is 9.74. The normalized spacial score (nSPS) is 32.3. The number of rotatable bonds is 2. The van der Waals surface area contributed by atoms with E-state index in [1.807, 2.05) is 0 Å². The highest BCUT2D eigenvalue weighted by Gasteiger charge is 2.47. The Morgan fingerprint density at radius 3 is 2.33 bits per heavy atom. The fourth-order valence-electron chi connectivity index (χ4n) is 3.07. The molecule has 0 aromatic heterocycles.